The van der Waals surface area contributed by atoms with E-state index < -0.39 is 10.0 Å². The maximum atomic E-state index is 12.6. The zero-order valence-electron chi connectivity index (χ0n) is 13.6. The number of sulfonamides is 1. The lowest BCUT2D eigenvalue weighted by atomic mass is 10.2. The standard InChI is InChI=1S/C14H20N6O2S/c1-10-5-7-11(8-6-10)23(21,22)20(4)9-12-16-13(15)18-14(17-12)19(2)3/h5-8H,9H2,1-4H3,(H2,15,16,17,18). The molecule has 0 bridgehead atoms. The number of hydrogen-bond acceptors (Lipinski definition) is 7. The van der Waals surface area contributed by atoms with Gasteiger partial charge in [0.05, 0.1) is 11.4 Å². The number of anilines is 2. The summed E-state index contributed by atoms with van der Waals surface area (Å²) in [7, 11) is 1.39. The largest absolute Gasteiger partial charge is 0.368 e. The van der Waals surface area contributed by atoms with Crippen LogP contribution in [-0.2, 0) is 16.6 Å². The van der Waals surface area contributed by atoms with Crippen molar-refractivity contribution in [2.24, 2.45) is 0 Å². The zero-order valence-corrected chi connectivity index (χ0v) is 14.4. The average molecular weight is 336 g/mol. The molecule has 9 heteroatoms. The number of benzene rings is 1. The van der Waals surface area contributed by atoms with Crippen LogP contribution < -0.4 is 10.6 Å². The van der Waals surface area contributed by atoms with Crippen molar-refractivity contribution >= 4 is 21.9 Å². The van der Waals surface area contributed by atoms with Gasteiger partial charge in [0.2, 0.25) is 21.9 Å². The molecule has 0 fully saturated rings. The first-order valence-electron chi connectivity index (χ1n) is 6.91. The molecule has 124 valence electrons. The molecule has 0 amide bonds. The van der Waals surface area contributed by atoms with E-state index in [1.807, 2.05) is 6.92 Å². The molecule has 0 aliphatic carbocycles. The molecule has 2 rings (SSSR count). The quantitative estimate of drug-likeness (QED) is 0.854. The third-order valence-corrected chi connectivity index (χ3v) is 5.00. The van der Waals surface area contributed by atoms with Crippen molar-refractivity contribution in [1.29, 1.82) is 0 Å². The van der Waals surface area contributed by atoms with Crippen LogP contribution in [0.25, 0.3) is 0 Å². The van der Waals surface area contributed by atoms with E-state index in [4.69, 9.17) is 5.73 Å². The Morgan fingerprint density at radius 1 is 1.04 bits per heavy atom. The Balaban J connectivity index is 2.27. The molecule has 1 aromatic heterocycles. The molecule has 0 unspecified atom stereocenters. The van der Waals surface area contributed by atoms with Gasteiger partial charge in [-0.15, -0.1) is 0 Å². The summed E-state index contributed by atoms with van der Waals surface area (Å²) < 4.78 is 26.3. The number of aromatic nitrogens is 3. The van der Waals surface area contributed by atoms with Crippen LogP contribution in [0.5, 0.6) is 0 Å². The summed E-state index contributed by atoms with van der Waals surface area (Å²) >= 11 is 0. The van der Waals surface area contributed by atoms with Crippen LogP contribution in [0.4, 0.5) is 11.9 Å². The number of nitrogen functional groups attached to an aromatic ring is 1. The molecule has 0 atom stereocenters. The van der Waals surface area contributed by atoms with Crippen LogP contribution in [0.15, 0.2) is 29.2 Å². The van der Waals surface area contributed by atoms with Crippen LogP contribution in [0.2, 0.25) is 0 Å². The SMILES string of the molecule is Cc1ccc(S(=O)(=O)N(C)Cc2nc(N)nc(N(C)C)n2)cc1. The van der Waals surface area contributed by atoms with Crippen LogP contribution >= 0.6 is 0 Å². The van der Waals surface area contributed by atoms with E-state index in [1.165, 1.54) is 11.4 Å². The first-order valence-corrected chi connectivity index (χ1v) is 8.35. The fraction of sp³-hybridized carbons (Fsp3) is 0.357. The highest BCUT2D eigenvalue weighted by atomic mass is 32.2. The summed E-state index contributed by atoms with van der Waals surface area (Å²) in [6, 6.07) is 6.67. The maximum Gasteiger partial charge on any atom is 0.243 e. The molecular formula is C14H20N6O2S. The Hall–Kier alpha value is -2.26. The molecule has 1 heterocycles. The maximum absolute atomic E-state index is 12.6. The highest BCUT2D eigenvalue weighted by Gasteiger charge is 2.22. The van der Waals surface area contributed by atoms with Gasteiger partial charge in [0, 0.05) is 21.1 Å². The Labute approximate surface area is 136 Å². The van der Waals surface area contributed by atoms with Gasteiger partial charge in [-0.05, 0) is 19.1 Å². The van der Waals surface area contributed by atoms with Gasteiger partial charge < -0.3 is 10.6 Å². The van der Waals surface area contributed by atoms with E-state index >= 15 is 0 Å². The summed E-state index contributed by atoms with van der Waals surface area (Å²) in [6.45, 7) is 1.90. The van der Waals surface area contributed by atoms with Crippen LogP contribution in [-0.4, -0.2) is 48.8 Å². The number of nitrogens with zero attached hydrogens (tertiary/aromatic N) is 5. The lowest BCUT2D eigenvalue weighted by Crippen LogP contribution is -2.28. The number of hydrogen-bond donors (Lipinski definition) is 1. The van der Waals surface area contributed by atoms with E-state index in [0.29, 0.717) is 11.8 Å². The van der Waals surface area contributed by atoms with Crippen molar-refractivity contribution in [3.8, 4) is 0 Å². The number of aryl methyl sites for hydroxylation is 1. The molecule has 0 aliphatic rings. The predicted molar refractivity (Wildman–Crippen MR) is 88.4 cm³/mol. The van der Waals surface area contributed by atoms with Gasteiger partial charge in [-0.1, -0.05) is 17.7 Å². The lowest BCUT2D eigenvalue weighted by molar-refractivity contribution is 0.456. The third-order valence-electron chi connectivity index (χ3n) is 3.18. The summed E-state index contributed by atoms with van der Waals surface area (Å²) in [5, 5.41) is 0. The first-order chi connectivity index (χ1) is 10.7. The molecule has 0 saturated carbocycles. The number of rotatable bonds is 5. The smallest absolute Gasteiger partial charge is 0.243 e. The molecule has 2 N–H and O–H groups in total. The lowest BCUT2D eigenvalue weighted by Gasteiger charge is -2.17. The topological polar surface area (TPSA) is 105 Å². The minimum atomic E-state index is -3.62. The summed E-state index contributed by atoms with van der Waals surface area (Å²) in [4.78, 5) is 14.1. The molecule has 0 radical (unpaired) electrons. The zero-order chi connectivity index (χ0) is 17.2. The molecule has 8 nitrogen and oxygen atoms in total. The second kappa shape index (κ2) is 6.47. The third kappa shape index (κ3) is 3.93. The van der Waals surface area contributed by atoms with Gasteiger partial charge in [0.25, 0.3) is 0 Å². The normalized spacial score (nSPS) is 11.7. The van der Waals surface area contributed by atoms with E-state index in [9.17, 15) is 8.42 Å². The highest BCUT2D eigenvalue weighted by molar-refractivity contribution is 7.89. The van der Waals surface area contributed by atoms with Crippen LogP contribution in [0, 0.1) is 6.92 Å². The Morgan fingerprint density at radius 3 is 2.22 bits per heavy atom. The molecule has 2 aromatic rings. The molecule has 0 spiro atoms. The van der Waals surface area contributed by atoms with Gasteiger partial charge in [-0.25, -0.2) is 8.42 Å². The van der Waals surface area contributed by atoms with Crippen molar-refractivity contribution in [2.75, 3.05) is 31.8 Å². The molecular weight excluding hydrogens is 316 g/mol. The second-order valence-electron chi connectivity index (χ2n) is 5.38. The molecule has 1 aromatic carbocycles. The van der Waals surface area contributed by atoms with E-state index in [0.717, 1.165) is 5.56 Å². The van der Waals surface area contributed by atoms with E-state index in [1.54, 1.807) is 43.3 Å². The van der Waals surface area contributed by atoms with Gasteiger partial charge in [-0.3, -0.25) is 0 Å². The van der Waals surface area contributed by atoms with Crippen molar-refractivity contribution in [2.45, 2.75) is 18.4 Å². The Kier molecular flexibility index (Phi) is 4.81. The van der Waals surface area contributed by atoms with Gasteiger partial charge in [0.15, 0.2) is 5.82 Å². The summed E-state index contributed by atoms with van der Waals surface area (Å²) in [5.41, 5.74) is 6.65. The van der Waals surface area contributed by atoms with Gasteiger partial charge in [-0.2, -0.15) is 19.3 Å². The van der Waals surface area contributed by atoms with Gasteiger partial charge in [0.1, 0.15) is 0 Å². The van der Waals surface area contributed by atoms with Crippen molar-refractivity contribution in [3.05, 3.63) is 35.7 Å². The second-order valence-corrected chi connectivity index (χ2v) is 7.42. The fourth-order valence-electron chi connectivity index (χ4n) is 1.87. The first kappa shape index (κ1) is 17.1. The molecule has 0 aliphatic heterocycles. The Bertz CT molecular complexity index is 789. The highest BCUT2D eigenvalue weighted by Crippen LogP contribution is 2.17. The molecule has 0 saturated heterocycles. The van der Waals surface area contributed by atoms with Crippen LogP contribution in [0.3, 0.4) is 0 Å². The Morgan fingerprint density at radius 2 is 1.65 bits per heavy atom. The predicted octanol–water partition coefficient (Wildman–Crippen LogP) is 0.649. The monoisotopic (exact) mass is 336 g/mol. The van der Waals surface area contributed by atoms with Gasteiger partial charge >= 0.3 is 0 Å². The summed E-state index contributed by atoms with van der Waals surface area (Å²) in [6.07, 6.45) is 0. The van der Waals surface area contributed by atoms with E-state index in [2.05, 4.69) is 15.0 Å². The minimum Gasteiger partial charge on any atom is -0.368 e. The molecule has 23 heavy (non-hydrogen) atoms. The van der Waals surface area contributed by atoms with E-state index in [-0.39, 0.29) is 17.4 Å². The van der Waals surface area contributed by atoms with Crippen LogP contribution in [0.1, 0.15) is 11.4 Å². The number of nitrogens with two attached hydrogens (primary N) is 1. The van der Waals surface area contributed by atoms with Crippen molar-refractivity contribution in [1.82, 2.24) is 19.3 Å². The fourth-order valence-corrected chi connectivity index (χ4v) is 3.00. The summed E-state index contributed by atoms with van der Waals surface area (Å²) in [5.74, 6) is 0.729. The van der Waals surface area contributed by atoms with Crippen molar-refractivity contribution < 1.29 is 8.42 Å². The minimum absolute atomic E-state index is 0.00374. The van der Waals surface area contributed by atoms with Crippen molar-refractivity contribution in [3.63, 3.8) is 0 Å². The average Bonchev–Trinajstić information content (AvgIpc) is 2.46.